The lowest BCUT2D eigenvalue weighted by Gasteiger charge is -2.06. The van der Waals surface area contributed by atoms with Crippen LogP contribution in [0.4, 0.5) is 11.5 Å². The second-order valence-corrected chi connectivity index (χ2v) is 4.63. The normalized spacial score (nSPS) is 10.2. The maximum absolute atomic E-state index is 10.9. The van der Waals surface area contributed by atoms with E-state index >= 15 is 0 Å². The number of nitro groups is 1. The standard InChI is InChI=1S/C12H9Cl2N3O2/c13-9-3-1-2-8(4-9)6-15-12-11(17(18)19)5-10(14)7-16-12/h1-5,7H,6H2,(H,15,16). The van der Waals surface area contributed by atoms with Gasteiger partial charge in [-0.3, -0.25) is 10.1 Å². The van der Waals surface area contributed by atoms with Crippen LogP contribution >= 0.6 is 23.2 Å². The number of nitrogens with zero attached hydrogens (tertiary/aromatic N) is 2. The Labute approximate surface area is 119 Å². The van der Waals surface area contributed by atoms with Crippen LogP contribution in [-0.2, 0) is 6.54 Å². The van der Waals surface area contributed by atoms with E-state index < -0.39 is 4.92 Å². The molecular weight excluding hydrogens is 289 g/mol. The summed E-state index contributed by atoms with van der Waals surface area (Å²) in [5.74, 6) is 0.175. The summed E-state index contributed by atoms with van der Waals surface area (Å²) in [4.78, 5) is 14.3. The second-order valence-electron chi connectivity index (χ2n) is 3.76. The largest absolute Gasteiger partial charge is 0.360 e. The smallest absolute Gasteiger partial charge is 0.312 e. The lowest BCUT2D eigenvalue weighted by atomic mass is 10.2. The molecule has 1 aromatic carbocycles. The summed E-state index contributed by atoms with van der Waals surface area (Å²) in [7, 11) is 0. The molecule has 0 spiro atoms. The molecule has 19 heavy (non-hydrogen) atoms. The van der Waals surface area contributed by atoms with Crippen LogP contribution in [-0.4, -0.2) is 9.91 Å². The van der Waals surface area contributed by atoms with Gasteiger partial charge < -0.3 is 5.32 Å². The molecule has 1 heterocycles. The molecule has 5 nitrogen and oxygen atoms in total. The van der Waals surface area contributed by atoms with Crippen molar-refractivity contribution in [2.75, 3.05) is 5.32 Å². The van der Waals surface area contributed by atoms with E-state index in [9.17, 15) is 10.1 Å². The van der Waals surface area contributed by atoms with Crippen LogP contribution in [0, 0.1) is 10.1 Å². The summed E-state index contributed by atoms with van der Waals surface area (Å²) in [6, 6.07) is 8.46. The maximum Gasteiger partial charge on any atom is 0.312 e. The molecular formula is C12H9Cl2N3O2. The highest BCUT2D eigenvalue weighted by atomic mass is 35.5. The Kier molecular flexibility index (Phi) is 4.19. The van der Waals surface area contributed by atoms with E-state index in [2.05, 4.69) is 10.3 Å². The van der Waals surface area contributed by atoms with Crippen molar-refractivity contribution in [2.24, 2.45) is 0 Å². The average Bonchev–Trinajstić information content (AvgIpc) is 2.37. The highest BCUT2D eigenvalue weighted by Crippen LogP contribution is 2.25. The molecule has 0 aliphatic rings. The van der Waals surface area contributed by atoms with Crippen molar-refractivity contribution >= 4 is 34.7 Å². The highest BCUT2D eigenvalue weighted by molar-refractivity contribution is 6.31. The van der Waals surface area contributed by atoms with Crippen LogP contribution in [0.3, 0.4) is 0 Å². The Morgan fingerprint density at radius 3 is 2.74 bits per heavy atom. The molecule has 0 fully saturated rings. The molecule has 0 saturated carbocycles. The zero-order valence-corrected chi connectivity index (χ0v) is 11.1. The summed E-state index contributed by atoms with van der Waals surface area (Å²) in [5.41, 5.74) is 0.744. The minimum Gasteiger partial charge on any atom is -0.360 e. The second kappa shape index (κ2) is 5.86. The summed E-state index contributed by atoms with van der Waals surface area (Å²) in [6.07, 6.45) is 1.36. The van der Waals surface area contributed by atoms with Crippen molar-refractivity contribution < 1.29 is 4.92 Å². The maximum atomic E-state index is 10.9. The molecule has 0 aliphatic heterocycles. The number of hydrogen-bond acceptors (Lipinski definition) is 4. The van der Waals surface area contributed by atoms with E-state index in [1.165, 1.54) is 12.3 Å². The van der Waals surface area contributed by atoms with E-state index in [1.807, 2.05) is 12.1 Å². The van der Waals surface area contributed by atoms with Gasteiger partial charge in [-0.05, 0) is 17.7 Å². The number of rotatable bonds is 4. The average molecular weight is 298 g/mol. The first-order chi connectivity index (χ1) is 9.06. The molecule has 98 valence electrons. The minimum absolute atomic E-state index is 0.158. The minimum atomic E-state index is -0.529. The van der Waals surface area contributed by atoms with Crippen LogP contribution in [0.25, 0.3) is 0 Å². The fourth-order valence-corrected chi connectivity index (χ4v) is 1.90. The number of benzene rings is 1. The van der Waals surface area contributed by atoms with Gasteiger partial charge in [-0.2, -0.15) is 0 Å². The third kappa shape index (κ3) is 3.56. The van der Waals surface area contributed by atoms with Gasteiger partial charge in [0, 0.05) is 23.8 Å². The van der Waals surface area contributed by atoms with Gasteiger partial charge in [0.2, 0.25) is 5.82 Å². The summed E-state index contributed by atoms with van der Waals surface area (Å²) in [5, 5.41) is 14.6. The summed E-state index contributed by atoms with van der Waals surface area (Å²) >= 11 is 11.5. The topological polar surface area (TPSA) is 68.1 Å². The molecule has 1 aromatic heterocycles. The summed E-state index contributed by atoms with van der Waals surface area (Å²) in [6.45, 7) is 0.385. The van der Waals surface area contributed by atoms with E-state index in [0.717, 1.165) is 5.56 Å². The Morgan fingerprint density at radius 2 is 2.05 bits per heavy atom. The predicted molar refractivity (Wildman–Crippen MR) is 74.7 cm³/mol. The van der Waals surface area contributed by atoms with Gasteiger partial charge in [0.1, 0.15) is 0 Å². The Balaban J connectivity index is 2.17. The molecule has 0 unspecified atom stereocenters. The third-order valence-corrected chi connectivity index (χ3v) is 2.82. The fraction of sp³-hybridized carbons (Fsp3) is 0.0833. The Morgan fingerprint density at radius 1 is 1.26 bits per heavy atom. The number of pyridine rings is 1. The SMILES string of the molecule is O=[N+]([O-])c1cc(Cl)cnc1NCc1cccc(Cl)c1. The van der Waals surface area contributed by atoms with Gasteiger partial charge in [-0.1, -0.05) is 35.3 Å². The van der Waals surface area contributed by atoms with Crippen molar-refractivity contribution in [3.8, 4) is 0 Å². The first-order valence-corrected chi connectivity index (χ1v) is 6.10. The zero-order valence-electron chi connectivity index (χ0n) is 9.64. The third-order valence-electron chi connectivity index (χ3n) is 2.38. The monoisotopic (exact) mass is 297 g/mol. The van der Waals surface area contributed by atoms with E-state index in [4.69, 9.17) is 23.2 Å². The molecule has 2 rings (SSSR count). The van der Waals surface area contributed by atoms with Gasteiger partial charge in [0.15, 0.2) is 0 Å². The van der Waals surface area contributed by atoms with Crippen LogP contribution < -0.4 is 5.32 Å². The van der Waals surface area contributed by atoms with Crippen molar-refractivity contribution in [2.45, 2.75) is 6.54 Å². The molecule has 0 saturated heterocycles. The van der Waals surface area contributed by atoms with Crippen molar-refractivity contribution in [3.63, 3.8) is 0 Å². The highest BCUT2D eigenvalue weighted by Gasteiger charge is 2.15. The lowest BCUT2D eigenvalue weighted by Crippen LogP contribution is -2.04. The van der Waals surface area contributed by atoms with Crippen LogP contribution in [0.15, 0.2) is 36.5 Å². The molecule has 1 N–H and O–H groups in total. The fourth-order valence-electron chi connectivity index (χ4n) is 1.54. The van der Waals surface area contributed by atoms with Gasteiger partial charge in [-0.15, -0.1) is 0 Å². The van der Waals surface area contributed by atoms with E-state index in [1.54, 1.807) is 12.1 Å². The first kappa shape index (κ1) is 13.6. The molecule has 0 aliphatic carbocycles. The number of halogens is 2. The number of hydrogen-bond donors (Lipinski definition) is 1. The van der Waals surface area contributed by atoms with Gasteiger partial charge in [-0.25, -0.2) is 4.98 Å². The van der Waals surface area contributed by atoms with Crippen LogP contribution in [0.2, 0.25) is 10.0 Å². The van der Waals surface area contributed by atoms with Gasteiger partial charge in [0.05, 0.1) is 9.95 Å². The molecule has 2 aromatic rings. The molecule has 0 radical (unpaired) electrons. The quantitative estimate of drug-likeness (QED) is 0.686. The Bertz CT molecular complexity index is 620. The van der Waals surface area contributed by atoms with Crippen molar-refractivity contribution in [1.82, 2.24) is 4.98 Å². The summed E-state index contributed by atoms with van der Waals surface area (Å²) < 4.78 is 0. The number of nitrogens with one attached hydrogen (secondary N) is 1. The first-order valence-electron chi connectivity index (χ1n) is 5.34. The van der Waals surface area contributed by atoms with Crippen molar-refractivity contribution in [3.05, 3.63) is 62.3 Å². The van der Waals surface area contributed by atoms with Gasteiger partial charge >= 0.3 is 5.69 Å². The zero-order chi connectivity index (χ0) is 13.8. The Hall–Kier alpha value is -1.85. The molecule has 7 heteroatoms. The van der Waals surface area contributed by atoms with Crippen LogP contribution in [0.5, 0.6) is 0 Å². The number of aromatic nitrogens is 1. The molecule has 0 amide bonds. The molecule has 0 atom stereocenters. The lowest BCUT2D eigenvalue weighted by molar-refractivity contribution is -0.384. The molecule has 0 bridgehead atoms. The van der Waals surface area contributed by atoms with E-state index in [0.29, 0.717) is 11.6 Å². The van der Waals surface area contributed by atoms with E-state index in [-0.39, 0.29) is 16.5 Å². The van der Waals surface area contributed by atoms with Gasteiger partial charge in [0.25, 0.3) is 0 Å². The van der Waals surface area contributed by atoms with Crippen LogP contribution in [0.1, 0.15) is 5.56 Å². The predicted octanol–water partition coefficient (Wildman–Crippen LogP) is 3.91. The van der Waals surface area contributed by atoms with Crippen molar-refractivity contribution in [1.29, 1.82) is 0 Å². The number of anilines is 1.